The Bertz CT molecular complexity index is 552. The van der Waals surface area contributed by atoms with Crippen molar-refractivity contribution in [2.24, 2.45) is 0 Å². The van der Waals surface area contributed by atoms with Crippen molar-refractivity contribution in [1.82, 2.24) is 9.21 Å². The van der Waals surface area contributed by atoms with Gasteiger partial charge in [-0.2, -0.15) is 4.31 Å². The van der Waals surface area contributed by atoms with E-state index in [1.165, 1.54) is 28.6 Å². The van der Waals surface area contributed by atoms with Crippen LogP contribution in [0.5, 0.6) is 0 Å². The van der Waals surface area contributed by atoms with Gasteiger partial charge in [-0.25, -0.2) is 12.8 Å². The van der Waals surface area contributed by atoms with Gasteiger partial charge in [-0.15, -0.1) is 0 Å². The summed E-state index contributed by atoms with van der Waals surface area (Å²) in [4.78, 5) is 2.52. The Hall–Kier alpha value is -0.980. The van der Waals surface area contributed by atoms with Gasteiger partial charge in [0.2, 0.25) is 10.0 Å². The molecule has 1 heterocycles. The molecule has 0 N–H and O–H groups in total. The van der Waals surface area contributed by atoms with E-state index in [1.807, 2.05) is 0 Å². The Morgan fingerprint density at radius 3 is 2.33 bits per heavy atom. The molecule has 4 nitrogen and oxygen atoms in total. The lowest BCUT2D eigenvalue weighted by molar-refractivity contribution is 0.170. The number of likely N-dealkylation sites (tertiary alicyclic amines) is 1. The topological polar surface area (TPSA) is 40.6 Å². The molecule has 1 fully saturated rings. The van der Waals surface area contributed by atoms with Gasteiger partial charge in [-0.3, -0.25) is 0 Å². The number of piperidine rings is 1. The Balaban J connectivity index is 2.05. The third-order valence-corrected chi connectivity index (χ3v) is 6.03. The summed E-state index contributed by atoms with van der Waals surface area (Å²) >= 11 is 0. The first-order valence-corrected chi connectivity index (χ1v) is 8.85. The second-order valence-corrected chi connectivity index (χ2v) is 7.55. The number of halogens is 1. The number of hydrogen-bond donors (Lipinski definition) is 0. The summed E-state index contributed by atoms with van der Waals surface area (Å²) < 4.78 is 39.5. The molecular weight excluding hydrogens is 291 g/mol. The summed E-state index contributed by atoms with van der Waals surface area (Å²) in [5.41, 5.74) is 0. The molecule has 0 amide bonds. The number of rotatable bonds is 5. The summed E-state index contributed by atoms with van der Waals surface area (Å²) in [5, 5.41) is 0. The molecule has 0 unspecified atom stereocenters. The predicted molar refractivity (Wildman–Crippen MR) is 81.1 cm³/mol. The maximum Gasteiger partial charge on any atom is 0.243 e. The van der Waals surface area contributed by atoms with Crippen molar-refractivity contribution in [2.75, 3.05) is 26.7 Å². The fourth-order valence-corrected chi connectivity index (χ4v) is 4.21. The van der Waals surface area contributed by atoms with Gasteiger partial charge in [-0.1, -0.05) is 6.92 Å². The van der Waals surface area contributed by atoms with E-state index in [9.17, 15) is 12.8 Å². The first-order valence-electron chi connectivity index (χ1n) is 7.41. The van der Waals surface area contributed by atoms with Gasteiger partial charge in [0.15, 0.2) is 0 Å². The van der Waals surface area contributed by atoms with Crippen LogP contribution in [0.4, 0.5) is 4.39 Å². The molecule has 1 aliphatic heterocycles. The van der Waals surface area contributed by atoms with Crippen LogP contribution < -0.4 is 0 Å². The van der Waals surface area contributed by atoms with Crippen LogP contribution in [-0.4, -0.2) is 50.3 Å². The quantitative estimate of drug-likeness (QED) is 0.837. The fourth-order valence-electron chi connectivity index (χ4n) is 2.79. The number of nitrogens with zero attached hydrogens (tertiary/aromatic N) is 2. The minimum Gasteiger partial charge on any atom is -0.303 e. The summed E-state index contributed by atoms with van der Waals surface area (Å²) in [5.74, 6) is -0.426. The largest absolute Gasteiger partial charge is 0.303 e. The minimum absolute atomic E-state index is 0.0214. The van der Waals surface area contributed by atoms with Gasteiger partial charge in [0.1, 0.15) is 5.82 Å². The van der Waals surface area contributed by atoms with Gasteiger partial charge >= 0.3 is 0 Å². The Kier molecular flexibility index (Phi) is 5.35. The third-order valence-electron chi connectivity index (χ3n) is 4.10. The van der Waals surface area contributed by atoms with Gasteiger partial charge < -0.3 is 4.90 Å². The van der Waals surface area contributed by atoms with Crippen LogP contribution in [0, 0.1) is 5.82 Å². The van der Waals surface area contributed by atoms with Crippen LogP contribution in [0.3, 0.4) is 0 Å². The van der Waals surface area contributed by atoms with E-state index in [0.717, 1.165) is 38.9 Å². The lowest BCUT2D eigenvalue weighted by Crippen LogP contribution is -2.45. The van der Waals surface area contributed by atoms with Crippen LogP contribution in [0.15, 0.2) is 29.2 Å². The van der Waals surface area contributed by atoms with E-state index < -0.39 is 15.8 Å². The zero-order valence-electron chi connectivity index (χ0n) is 12.6. The number of hydrogen-bond acceptors (Lipinski definition) is 3. The molecule has 0 bridgehead atoms. The van der Waals surface area contributed by atoms with Crippen LogP contribution in [0.2, 0.25) is 0 Å². The SMILES string of the molecule is CCCN1CCC(N(C)S(=O)(=O)c2ccc(F)cc2)CC1. The molecule has 1 aromatic rings. The second-order valence-electron chi connectivity index (χ2n) is 5.55. The molecule has 0 aliphatic carbocycles. The average Bonchev–Trinajstić information content (AvgIpc) is 2.48. The maximum atomic E-state index is 12.9. The van der Waals surface area contributed by atoms with Crippen LogP contribution in [0.25, 0.3) is 0 Å². The van der Waals surface area contributed by atoms with Crippen LogP contribution >= 0.6 is 0 Å². The van der Waals surface area contributed by atoms with E-state index in [0.29, 0.717) is 0 Å². The minimum atomic E-state index is -3.54. The van der Waals surface area contributed by atoms with Gasteiger partial charge in [0.05, 0.1) is 4.90 Å². The predicted octanol–water partition coefficient (Wildman–Crippen LogP) is 2.32. The van der Waals surface area contributed by atoms with Crippen LogP contribution in [0.1, 0.15) is 26.2 Å². The standard InChI is InChI=1S/C15H23FN2O2S/c1-3-10-18-11-8-14(9-12-18)17(2)21(19,20)15-6-4-13(16)5-7-15/h4-7,14H,3,8-12H2,1-2H3. The van der Waals surface area contributed by atoms with E-state index in [-0.39, 0.29) is 10.9 Å². The zero-order valence-corrected chi connectivity index (χ0v) is 13.4. The Morgan fingerprint density at radius 2 is 1.81 bits per heavy atom. The molecule has 1 aliphatic rings. The summed E-state index contributed by atoms with van der Waals surface area (Å²) in [6.07, 6.45) is 2.81. The molecule has 1 saturated heterocycles. The van der Waals surface area contributed by atoms with Crippen molar-refractivity contribution in [3.05, 3.63) is 30.1 Å². The van der Waals surface area contributed by atoms with Crippen molar-refractivity contribution >= 4 is 10.0 Å². The Morgan fingerprint density at radius 1 is 1.24 bits per heavy atom. The third kappa shape index (κ3) is 3.81. The molecule has 118 valence electrons. The molecule has 0 saturated carbocycles. The van der Waals surface area contributed by atoms with E-state index in [2.05, 4.69) is 11.8 Å². The van der Waals surface area contributed by atoms with Crippen molar-refractivity contribution in [1.29, 1.82) is 0 Å². The molecule has 1 aromatic carbocycles. The maximum absolute atomic E-state index is 12.9. The highest BCUT2D eigenvalue weighted by Crippen LogP contribution is 2.23. The first kappa shape index (κ1) is 16.4. The molecule has 0 spiro atoms. The van der Waals surface area contributed by atoms with E-state index >= 15 is 0 Å². The number of benzene rings is 1. The monoisotopic (exact) mass is 314 g/mol. The van der Waals surface area contributed by atoms with Crippen molar-refractivity contribution in [3.63, 3.8) is 0 Å². The Labute approximate surface area is 126 Å². The highest BCUT2D eigenvalue weighted by molar-refractivity contribution is 7.89. The zero-order chi connectivity index (χ0) is 15.5. The van der Waals surface area contributed by atoms with Gasteiger partial charge in [0, 0.05) is 13.1 Å². The normalized spacial score (nSPS) is 18.3. The van der Waals surface area contributed by atoms with Gasteiger partial charge in [-0.05, 0) is 63.2 Å². The molecule has 6 heteroatoms. The van der Waals surface area contributed by atoms with E-state index in [1.54, 1.807) is 7.05 Å². The number of sulfonamides is 1. The molecule has 2 rings (SSSR count). The molecule has 0 aromatic heterocycles. The smallest absolute Gasteiger partial charge is 0.243 e. The highest BCUT2D eigenvalue weighted by Gasteiger charge is 2.30. The van der Waals surface area contributed by atoms with E-state index in [4.69, 9.17) is 0 Å². The molecular formula is C15H23FN2O2S. The average molecular weight is 314 g/mol. The summed E-state index contributed by atoms with van der Waals surface area (Å²) in [6, 6.07) is 5.05. The summed E-state index contributed by atoms with van der Waals surface area (Å²) in [7, 11) is -1.91. The van der Waals surface area contributed by atoms with Crippen molar-refractivity contribution in [3.8, 4) is 0 Å². The fraction of sp³-hybridized carbons (Fsp3) is 0.600. The molecule has 21 heavy (non-hydrogen) atoms. The van der Waals surface area contributed by atoms with Gasteiger partial charge in [0.25, 0.3) is 0 Å². The lowest BCUT2D eigenvalue weighted by Gasteiger charge is -2.36. The second kappa shape index (κ2) is 6.85. The molecule has 0 atom stereocenters. The summed E-state index contributed by atoms with van der Waals surface area (Å²) in [6.45, 7) is 5.09. The van der Waals surface area contributed by atoms with Crippen molar-refractivity contribution in [2.45, 2.75) is 37.1 Å². The first-order chi connectivity index (χ1) is 9.95. The lowest BCUT2D eigenvalue weighted by atomic mass is 10.1. The van der Waals surface area contributed by atoms with Crippen LogP contribution in [-0.2, 0) is 10.0 Å². The highest BCUT2D eigenvalue weighted by atomic mass is 32.2. The van der Waals surface area contributed by atoms with Crippen molar-refractivity contribution < 1.29 is 12.8 Å². The molecule has 0 radical (unpaired) electrons.